The Morgan fingerprint density at radius 2 is 1.96 bits per heavy atom. The number of aromatic nitrogens is 1. The molecule has 6 nitrogen and oxygen atoms in total. The molecule has 1 atom stereocenters. The van der Waals surface area contributed by atoms with Crippen molar-refractivity contribution in [3.05, 3.63) is 65.3 Å². The van der Waals surface area contributed by atoms with Gasteiger partial charge in [-0.1, -0.05) is 24.3 Å². The van der Waals surface area contributed by atoms with E-state index in [-0.39, 0.29) is 10.6 Å². The molecule has 2 heterocycles. The molecule has 1 aromatic carbocycles. The molecule has 25 heavy (non-hydrogen) atoms. The Hall–Kier alpha value is -2.55. The Morgan fingerprint density at radius 3 is 2.56 bits per heavy atom. The van der Waals surface area contributed by atoms with Crippen molar-refractivity contribution in [2.24, 2.45) is 0 Å². The van der Waals surface area contributed by atoms with E-state index in [1.165, 1.54) is 0 Å². The predicted molar refractivity (Wildman–Crippen MR) is 98.6 cm³/mol. The zero-order valence-corrected chi connectivity index (χ0v) is 14.8. The maximum absolute atomic E-state index is 12.0. The first-order valence-electron chi connectivity index (χ1n) is 7.23. The molecule has 0 fully saturated rings. The molecule has 128 valence electrons. The van der Waals surface area contributed by atoms with E-state index < -0.39 is 17.2 Å². The molecular weight excluding hydrogens is 360 g/mol. The lowest BCUT2D eigenvalue weighted by Crippen LogP contribution is -2.21. The molecule has 0 spiro atoms. The van der Waals surface area contributed by atoms with Crippen molar-refractivity contribution in [2.45, 2.75) is 6.92 Å². The highest BCUT2D eigenvalue weighted by Crippen LogP contribution is 2.40. The number of aromatic carboxylic acids is 1. The maximum atomic E-state index is 12.0. The van der Waals surface area contributed by atoms with E-state index in [2.05, 4.69) is 4.98 Å². The Balaban J connectivity index is 2.20. The molecule has 8 heteroatoms. The summed E-state index contributed by atoms with van der Waals surface area (Å²) in [5, 5.41) is 9.56. The van der Waals surface area contributed by atoms with Crippen LogP contribution in [0.25, 0.3) is 10.4 Å². The van der Waals surface area contributed by atoms with Crippen LogP contribution in [0.1, 0.15) is 15.2 Å². The van der Waals surface area contributed by atoms with Gasteiger partial charge >= 0.3 is 5.97 Å². The maximum Gasteiger partial charge on any atom is 0.348 e. The summed E-state index contributed by atoms with van der Waals surface area (Å²) < 4.78 is 23.0. The number of benzene rings is 1. The van der Waals surface area contributed by atoms with Gasteiger partial charge in [0.15, 0.2) is 0 Å². The number of hydrogen-bond donors (Lipinski definition) is 2. The number of thiophene rings is 1. The molecule has 1 unspecified atom stereocenters. The van der Waals surface area contributed by atoms with E-state index in [4.69, 9.17) is 0 Å². The summed E-state index contributed by atoms with van der Waals surface area (Å²) >= 11 is -1.38. The van der Waals surface area contributed by atoms with Crippen LogP contribution >= 0.6 is 11.3 Å². The first-order chi connectivity index (χ1) is 12.0. The Labute approximate surface area is 150 Å². The molecule has 2 aromatic heterocycles. The Morgan fingerprint density at radius 1 is 1.20 bits per heavy atom. The molecule has 0 aliphatic heterocycles. The van der Waals surface area contributed by atoms with Gasteiger partial charge in [-0.25, -0.2) is 13.3 Å². The zero-order chi connectivity index (χ0) is 18.0. The van der Waals surface area contributed by atoms with Crippen LogP contribution in [0.4, 0.5) is 11.4 Å². The van der Waals surface area contributed by atoms with Crippen LogP contribution in [0, 0.1) is 6.92 Å². The van der Waals surface area contributed by atoms with Crippen molar-refractivity contribution in [3.8, 4) is 10.4 Å². The van der Waals surface area contributed by atoms with Crippen LogP contribution in [0.3, 0.4) is 0 Å². The monoisotopic (exact) mass is 374 g/mol. The second-order valence-electron chi connectivity index (χ2n) is 5.18. The number of pyridine rings is 1. The summed E-state index contributed by atoms with van der Waals surface area (Å²) in [7, 11) is 0. The fraction of sp³-hybridized carbons (Fsp3) is 0.0588. The molecule has 0 amide bonds. The van der Waals surface area contributed by atoms with Gasteiger partial charge in [-0.05, 0) is 30.7 Å². The number of carbonyl (C=O) groups is 1. The van der Waals surface area contributed by atoms with Crippen molar-refractivity contribution in [2.75, 3.05) is 4.31 Å². The topological polar surface area (TPSA) is 90.7 Å². The number of para-hydroxylation sites is 1. The van der Waals surface area contributed by atoms with Crippen molar-refractivity contribution >= 4 is 39.9 Å². The van der Waals surface area contributed by atoms with Crippen LogP contribution in [-0.2, 0) is 11.3 Å². The fourth-order valence-electron chi connectivity index (χ4n) is 2.43. The first kappa shape index (κ1) is 17.3. The fourth-order valence-corrected chi connectivity index (χ4v) is 4.14. The van der Waals surface area contributed by atoms with Gasteiger partial charge in [0.1, 0.15) is 4.88 Å². The predicted octanol–water partition coefficient (Wildman–Crippen LogP) is 4.09. The normalized spacial score (nSPS) is 11.9. The SMILES string of the molecule is Cc1ccccc1N(c1cc(-c2cccnc2)sc1C(=O)O)S(=O)O. The summed E-state index contributed by atoms with van der Waals surface area (Å²) in [4.78, 5) is 16.4. The second-order valence-corrected chi connectivity index (χ2v) is 7.06. The summed E-state index contributed by atoms with van der Waals surface area (Å²) in [6, 6.07) is 12.2. The lowest BCUT2D eigenvalue weighted by atomic mass is 10.2. The van der Waals surface area contributed by atoms with Crippen molar-refractivity contribution < 1.29 is 18.7 Å². The largest absolute Gasteiger partial charge is 0.477 e. The average molecular weight is 374 g/mol. The second kappa shape index (κ2) is 7.14. The van der Waals surface area contributed by atoms with Gasteiger partial charge in [0, 0.05) is 22.8 Å². The van der Waals surface area contributed by atoms with Crippen LogP contribution in [0.5, 0.6) is 0 Å². The summed E-state index contributed by atoms with van der Waals surface area (Å²) in [5.41, 5.74) is 2.15. The molecule has 0 aliphatic carbocycles. The van der Waals surface area contributed by atoms with Gasteiger partial charge in [0.2, 0.25) is 0 Å². The number of hydrogen-bond acceptors (Lipinski definition) is 4. The van der Waals surface area contributed by atoms with E-state index in [9.17, 15) is 18.7 Å². The summed E-state index contributed by atoms with van der Waals surface area (Å²) in [5.74, 6) is -1.15. The number of anilines is 2. The van der Waals surface area contributed by atoms with Crippen LogP contribution < -0.4 is 4.31 Å². The molecule has 0 bridgehead atoms. The minimum Gasteiger partial charge on any atom is -0.477 e. The number of nitrogens with zero attached hydrogens (tertiary/aromatic N) is 2. The van der Waals surface area contributed by atoms with Gasteiger partial charge in [-0.2, -0.15) is 0 Å². The lowest BCUT2D eigenvalue weighted by Gasteiger charge is -2.21. The molecule has 0 radical (unpaired) electrons. The molecule has 0 saturated carbocycles. The van der Waals surface area contributed by atoms with E-state index in [0.29, 0.717) is 10.6 Å². The third-order valence-corrected chi connectivity index (χ3v) is 5.43. The smallest absolute Gasteiger partial charge is 0.348 e. The van der Waals surface area contributed by atoms with E-state index in [0.717, 1.165) is 26.8 Å². The highest BCUT2D eigenvalue weighted by Gasteiger charge is 2.26. The van der Waals surface area contributed by atoms with Gasteiger partial charge in [0.25, 0.3) is 11.3 Å². The van der Waals surface area contributed by atoms with Crippen molar-refractivity contribution in [1.82, 2.24) is 4.98 Å². The van der Waals surface area contributed by atoms with Gasteiger partial charge < -0.3 is 5.11 Å². The van der Waals surface area contributed by atoms with Crippen LogP contribution in [0.2, 0.25) is 0 Å². The third kappa shape index (κ3) is 3.46. The standard InChI is InChI=1S/C17H14N2O4S2/c1-11-5-2-3-7-13(11)19(25(22)23)14-9-15(24-16(14)17(20)21)12-6-4-8-18-10-12/h2-10H,1H3,(H,20,21)(H,22,23). The van der Waals surface area contributed by atoms with E-state index >= 15 is 0 Å². The highest BCUT2D eigenvalue weighted by molar-refractivity contribution is 7.81. The lowest BCUT2D eigenvalue weighted by molar-refractivity contribution is 0.0703. The molecular formula is C17H14N2O4S2. The summed E-state index contributed by atoms with van der Waals surface area (Å²) in [6.45, 7) is 1.80. The minimum absolute atomic E-state index is 0.00972. The van der Waals surface area contributed by atoms with Crippen molar-refractivity contribution in [3.63, 3.8) is 0 Å². The minimum atomic E-state index is -2.42. The Kier molecular flexibility index (Phi) is 4.93. The van der Waals surface area contributed by atoms with E-state index in [1.54, 1.807) is 49.6 Å². The Bertz CT molecular complexity index is 941. The summed E-state index contributed by atoms with van der Waals surface area (Å²) in [6.07, 6.45) is 3.24. The quantitative estimate of drug-likeness (QED) is 0.656. The number of carboxylic acids is 1. The van der Waals surface area contributed by atoms with Gasteiger partial charge in [-0.15, -0.1) is 11.3 Å². The van der Waals surface area contributed by atoms with Gasteiger partial charge in [0.05, 0.1) is 11.4 Å². The average Bonchev–Trinajstić information content (AvgIpc) is 3.02. The molecule has 3 rings (SSSR count). The first-order valence-corrected chi connectivity index (χ1v) is 9.11. The molecule has 2 N–H and O–H groups in total. The molecule has 0 aliphatic rings. The number of carboxylic acid groups (broad SMARTS) is 1. The van der Waals surface area contributed by atoms with Gasteiger partial charge in [-0.3, -0.25) is 9.54 Å². The number of aryl methyl sites for hydroxylation is 1. The number of rotatable bonds is 5. The zero-order valence-electron chi connectivity index (χ0n) is 13.1. The molecule has 0 saturated heterocycles. The van der Waals surface area contributed by atoms with Crippen LogP contribution in [-0.4, -0.2) is 24.8 Å². The van der Waals surface area contributed by atoms with E-state index in [1.807, 2.05) is 12.1 Å². The third-order valence-electron chi connectivity index (χ3n) is 3.56. The van der Waals surface area contributed by atoms with Crippen molar-refractivity contribution in [1.29, 1.82) is 0 Å². The van der Waals surface area contributed by atoms with Crippen LogP contribution in [0.15, 0.2) is 54.9 Å². The molecule has 3 aromatic rings. The highest BCUT2D eigenvalue weighted by atomic mass is 32.2.